The highest BCUT2D eigenvalue weighted by molar-refractivity contribution is 7.21. The third-order valence-electron chi connectivity index (χ3n) is 5.62. The first-order valence-corrected chi connectivity index (χ1v) is 12.1. The Morgan fingerprint density at radius 3 is 2.84 bits per heavy atom. The SMILES string of the molecule is Cc1nc(NCc2nccs2)nc(N[C@H]2CC[C@@H](CO)C2)c1-c1nc2ccccc2s1. The number of para-hydroxylation sites is 1. The average Bonchev–Trinajstić information content (AvgIpc) is 3.52. The van der Waals surface area contributed by atoms with Crippen LogP contribution in [0.3, 0.4) is 0 Å². The van der Waals surface area contributed by atoms with Crippen LogP contribution in [0.5, 0.6) is 0 Å². The summed E-state index contributed by atoms with van der Waals surface area (Å²) in [6.45, 7) is 2.84. The second-order valence-corrected chi connectivity index (χ2v) is 9.84. The average molecular weight is 453 g/mol. The standard InChI is InChI=1S/C22H24N6OS2/c1-13-19(21-27-16-4-2-3-5-17(16)31-21)20(26-15-7-6-14(10-15)12-29)28-22(25-13)24-11-18-23-8-9-30-18/h2-5,8-9,14-15,29H,6-7,10-12H2,1H3,(H2,24,25,26,28)/t14-,15+/m1/s1. The third-order valence-corrected chi connectivity index (χ3v) is 7.45. The zero-order valence-electron chi connectivity index (χ0n) is 17.2. The Kier molecular flexibility index (Phi) is 5.80. The van der Waals surface area contributed by atoms with Crippen molar-refractivity contribution in [3.63, 3.8) is 0 Å². The van der Waals surface area contributed by atoms with Gasteiger partial charge in [0.1, 0.15) is 15.8 Å². The number of hydrogen-bond donors (Lipinski definition) is 3. The summed E-state index contributed by atoms with van der Waals surface area (Å²) in [7, 11) is 0. The Labute approximate surface area is 188 Å². The van der Waals surface area contributed by atoms with E-state index in [1.807, 2.05) is 30.5 Å². The molecule has 1 aliphatic rings. The van der Waals surface area contributed by atoms with E-state index < -0.39 is 0 Å². The minimum absolute atomic E-state index is 0.242. The molecule has 0 unspecified atom stereocenters. The number of thiazole rings is 2. The molecule has 7 nitrogen and oxygen atoms in total. The maximum Gasteiger partial charge on any atom is 0.225 e. The lowest BCUT2D eigenvalue weighted by atomic mass is 10.1. The molecule has 4 aromatic rings. The van der Waals surface area contributed by atoms with Crippen LogP contribution < -0.4 is 10.6 Å². The highest BCUT2D eigenvalue weighted by Gasteiger charge is 2.26. The van der Waals surface area contributed by atoms with Gasteiger partial charge < -0.3 is 15.7 Å². The summed E-state index contributed by atoms with van der Waals surface area (Å²) >= 11 is 3.26. The molecule has 31 heavy (non-hydrogen) atoms. The minimum atomic E-state index is 0.242. The second kappa shape index (κ2) is 8.86. The number of nitrogens with zero attached hydrogens (tertiary/aromatic N) is 4. The summed E-state index contributed by atoms with van der Waals surface area (Å²) in [5, 5.41) is 20.4. The number of nitrogens with one attached hydrogen (secondary N) is 2. The lowest BCUT2D eigenvalue weighted by molar-refractivity contribution is 0.229. The fourth-order valence-electron chi connectivity index (χ4n) is 4.05. The summed E-state index contributed by atoms with van der Waals surface area (Å²) in [5.41, 5.74) is 2.82. The lowest BCUT2D eigenvalue weighted by Crippen LogP contribution is -2.19. The van der Waals surface area contributed by atoms with Gasteiger partial charge in [-0.3, -0.25) is 0 Å². The third kappa shape index (κ3) is 4.39. The molecular formula is C22H24N6OS2. The Balaban J connectivity index is 1.50. The fourth-order valence-corrected chi connectivity index (χ4v) is 5.67. The van der Waals surface area contributed by atoms with Gasteiger partial charge in [0, 0.05) is 24.2 Å². The number of rotatable bonds is 7. The molecule has 160 valence electrons. The van der Waals surface area contributed by atoms with Gasteiger partial charge in [-0.05, 0) is 44.2 Å². The van der Waals surface area contributed by atoms with Crippen molar-refractivity contribution in [1.82, 2.24) is 19.9 Å². The summed E-state index contributed by atoms with van der Waals surface area (Å²) in [4.78, 5) is 18.7. The molecule has 5 rings (SSSR count). The number of benzene rings is 1. The largest absolute Gasteiger partial charge is 0.396 e. The van der Waals surface area contributed by atoms with Gasteiger partial charge >= 0.3 is 0 Å². The molecule has 3 aromatic heterocycles. The van der Waals surface area contributed by atoms with Crippen LogP contribution >= 0.6 is 22.7 Å². The van der Waals surface area contributed by atoms with Gasteiger partial charge in [0.05, 0.1) is 28.0 Å². The van der Waals surface area contributed by atoms with Crippen LogP contribution in [0.1, 0.15) is 30.0 Å². The topological polar surface area (TPSA) is 95.9 Å². The zero-order valence-corrected chi connectivity index (χ0v) is 18.8. The van der Waals surface area contributed by atoms with E-state index in [0.29, 0.717) is 18.4 Å². The van der Waals surface area contributed by atoms with Crippen molar-refractivity contribution in [3.8, 4) is 10.6 Å². The molecule has 3 N–H and O–H groups in total. The van der Waals surface area contributed by atoms with E-state index in [9.17, 15) is 5.11 Å². The Morgan fingerprint density at radius 1 is 1.16 bits per heavy atom. The zero-order chi connectivity index (χ0) is 21.2. The highest BCUT2D eigenvalue weighted by atomic mass is 32.1. The maximum absolute atomic E-state index is 9.54. The van der Waals surface area contributed by atoms with Crippen LogP contribution in [0.25, 0.3) is 20.8 Å². The summed E-state index contributed by atoms with van der Waals surface area (Å²) < 4.78 is 1.15. The maximum atomic E-state index is 9.54. The first-order chi connectivity index (χ1) is 15.2. The Morgan fingerprint density at radius 2 is 2.06 bits per heavy atom. The van der Waals surface area contributed by atoms with E-state index in [-0.39, 0.29) is 12.6 Å². The molecule has 0 saturated heterocycles. The van der Waals surface area contributed by atoms with Crippen LogP contribution in [-0.4, -0.2) is 37.7 Å². The molecule has 1 saturated carbocycles. The van der Waals surface area contributed by atoms with Crippen LogP contribution in [-0.2, 0) is 6.54 Å². The second-order valence-electron chi connectivity index (χ2n) is 7.83. The molecular weight excluding hydrogens is 428 g/mol. The molecule has 0 spiro atoms. The van der Waals surface area contributed by atoms with Crippen molar-refractivity contribution in [2.75, 3.05) is 17.2 Å². The van der Waals surface area contributed by atoms with E-state index in [4.69, 9.17) is 15.0 Å². The predicted octanol–water partition coefficient (Wildman–Crippen LogP) is 4.70. The summed E-state index contributed by atoms with van der Waals surface area (Å²) in [5.74, 6) is 1.74. The van der Waals surface area contributed by atoms with Gasteiger partial charge in [0.15, 0.2) is 0 Å². The summed E-state index contributed by atoms with van der Waals surface area (Å²) in [6, 6.07) is 8.45. The Bertz CT molecular complexity index is 1140. The van der Waals surface area contributed by atoms with E-state index >= 15 is 0 Å². The van der Waals surface area contributed by atoms with Gasteiger partial charge in [-0.2, -0.15) is 4.98 Å². The van der Waals surface area contributed by atoms with Crippen LogP contribution in [0.15, 0.2) is 35.8 Å². The first-order valence-electron chi connectivity index (χ1n) is 10.4. The first kappa shape index (κ1) is 20.3. The number of anilines is 2. The molecule has 1 aromatic carbocycles. The van der Waals surface area contributed by atoms with Crippen molar-refractivity contribution < 1.29 is 5.11 Å². The van der Waals surface area contributed by atoms with Crippen molar-refractivity contribution in [1.29, 1.82) is 0 Å². The van der Waals surface area contributed by atoms with Gasteiger partial charge in [-0.15, -0.1) is 22.7 Å². The van der Waals surface area contributed by atoms with Gasteiger partial charge in [-0.1, -0.05) is 12.1 Å². The molecule has 3 heterocycles. The minimum Gasteiger partial charge on any atom is -0.396 e. The van der Waals surface area contributed by atoms with E-state index in [1.54, 1.807) is 28.9 Å². The molecule has 0 bridgehead atoms. The molecule has 0 amide bonds. The molecule has 0 radical (unpaired) electrons. The van der Waals surface area contributed by atoms with Crippen LogP contribution in [0, 0.1) is 12.8 Å². The number of hydrogen-bond acceptors (Lipinski definition) is 9. The van der Waals surface area contributed by atoms with Crippen molar-refractivity contribution >= 4 is 44.7 Å². The van der Waals surface area contributed by atoms with E-state index in [2.05, 4.69) is 21.7 Å². The molecule has 9 heteroatoms. The van der Waals surface area contributed by atoms with Crippen LogP contribution in [0.4, 0.5) is 11.8 Å². The van der Waals surface area contributed by atoms with Gasteiger partial charge in [-0.25, -0.2) is 15.0 Å². The van der Waals surface area contributed by atoms with Crippen LogP contribution in [0.2, 0.25) is 0 Å². The molecule has 0 aliphatic heterocycles. The summed E-state index contributed by atoms with van der Waals surface area (Å²) in [6.07, 6.45) is 4.80. The van der Waals surface area contributed by atoms with Crippen molar-refractivity contribution in [3.05, 3.63) is 46.5 Å². The number of aromatic nitrogens is 4. The molecule has 1 aliphatic carbocycles. The van der Waals surface area contributed by atoms with E-state index in [1.165, 1.54) is 0 Å². The van der Waals surface area contributed by atoms with E-state index in [0.717, 1.165) is 56.6 Å². The van der Waals surface area contributed by atoms with Crippen molar-refractivity contribution in [2.45, 2.75) is 38.8 Å². The quantitative estimate of drug-likeness (QED) is 0.374. The number of fused-ring (bicyclic) bond motifs is 1. The number of aryl methyl sites for hydroxylation is 1. The fraction of sp³-hybridized carbons (Fsp3) is 0.364. The lowest BCUT2D eigenvalue weighted by Gasteiger charge is -2.18. The van der Waals surface area contributed by atoms with Gasteiger partial charge in [0.2, 0.25) is 5.95 Å². The number of aliphatic hydroxyl groups excluding tert-OH is 1. The Hall–Kier alpha value is -2.62. The molecule has 1 fully saturated rings. The smallest absolute Gasteiger partial charge is 0.225 e. The predicted molar refractivity (Wildman–Crippen MR) is 127 cm³/mol. The molecule has 2 atom stereocenters. The van der Waals surface area contributed by atoms with Gasteiger partial charge in [0.25, 0.3) is 0 Å². The van der Waals surface area contributed by atoms with Crippen molar-refractivity contribution in [2.24, 2.45) is 5.92 Å². The normalized spacial score (nSPS) is 18.5. The number of aliphatic hydroxyl groups is 1. The highest BCUT2D eigenvalue weighted by Crippen LogP contribution is 2.37. The monoisotopic (exact) mass is 452 g/mol.